The number of hydrogen-bond acceptors (Lipinski definition) is 3. The smallest absolute Gasteiger partial charge is 0.313 e. The quantitative estimate of drug-likeness (QED) is 0.348. The zero-order valence-corrected chi connectivity index (χ0v) is 19.3. The number of esters is 1. The van der Waals surface area contributed by atoms with Gasteiger partial charge in [0.25, 0.3) is 5.91 Å². The molecule has 2 unspecified atom stereocenters. The van der Waals surface area contributed by atoms with Gasteiger partial charge < -0.3 is 9.64 Å². The van der Waals surface area contributed by atoms with E-state index in [0.29, 0.717) is 38.1 Å². The highest BCUT2D eigenvalue weighted by Crippen LogP contribution is 2.52. The first kappa shape index (κ1) is 22.1. The standard InChI is InChI=1S/C30H29NO3/c1-22-15-27-21-34-29(33)30(27,17-22)18-25-13-8-14-26(16-25)28(32)31(19-23-9-4-2-5-10-23)20-24-11-6-3-7-12-24/h2-14,16,27H,1,15,17-21H2. The molecule has 3 aromatic rings. The molecule has 3 aromatic carbocycles. The summed E-state index contributed by atoms with van der Waals surface area (Å²) in [5.74, 6) is 0.0376. The molecule has 2 atom stereocenters. The second-order valence-corrected chi connectivity index (χ2v) is 9.59. The maximum absolute atomic E-state index is 13.7. The molecule has 1 amide bonds. The second kappa shape index (κ2) is 9.30. The number of rotatable bonds is 7. The van der Waals surface area contributed by atoms with E-state index in [0.717, 1.165) is 28.7 Å². The molecule has 0 bridgehead atoms. The van der Waals surface area contributed by atoms with Crippen molar-refractivity contribution < 1.29 is 14.3 Å². The fraction of sp³-hybridized carbons (Fsp3) is 0.267. The summed E-state index contributed by atoms with van der Waals surface area (Å²) in [6, 6.07) is 27.8. The zero-order chi connectivity index (χ0) is 23.5. The van der Waals surface area contributed by atoms with Gasteiger partial charge in [-0.2, -0.15) is 0 Å². The lowest BCUT2D eigenvalue weighted by Crippen LogP contribution is -2.32. The number of hydrogen-bond donors (Lipinski definition) is 0. The SMILES string of the molecule is C=C1CC2COC(=O)C2(Cc2cccc(C(=O)N(Cc3ccccc3)Cc3ccccc3)c2)C1. The number of benzene rings is 3. The number of allylic oxidation sites excluding steroid dienone is 1. The van der Waals surface area contributed by atoms with E-state index in [9.17, 15) is 9.59 Å². The summed E-state index contributed by atoms with van der Waals surface area (Å²) in [7, 11) is 0. The van der Waals surface area contributed by atoms with E-state index in [4.69, 9.17) is 4.74 Å². The van der Waals surface area contributed by atoms with E-state index in [1.165, 1.54) is 0 Å². The Morgan fingerprint density at radius 3 is 2.18 bits per heavy atom. The molecule has 5 rings (SSSR count). The number of nitrogens with zero attached hydrogens (tertiary/aromatic N) is 1. The van der Waals surface area contributed by atoms with E-state index < -0.39 is 5.41 Å². The lowest BCUT2D eigenvalue weighted by molar-refractivity contribution is -0.146. The van der Waals surface area contributed by atoms with Crippen LogP contribution in [0.2, 0.25) is 0 Å². The third kappa shape index (κ3) is 4.41. The Morgan fingerprint density at radius 1 is 0.912 bits per heavy atom. The van der Waals surface area contributed by atoms with Gasteiger partial charge >= 0.3 is 5.97 Å². The molecule has 1 aliphatic heterocycles. The van der Waals surface area contributed by atoms with E-state index in [-0.39, 0.29) is 17.8 Å². The van der Waals surface area contributed by atoms with Gasteiger partial charge in [0.2, 0.25) is 0 Å². The van der Waals surface area contributed by atoms with Gasteiger partial charge in [0.05, 0.1) is 12.0 Å². The van der Waals surface area contributed by atoms with E-state index >= 15 is 0 Å². The summed E-state index contributed by atoms with van der Waals surface area (Å²) in [5.41, 5.74) is 4.38. The Kier molecular flexibility index (Phi) is 6.06. The highest BCUT2D eigenvalue weighted by atomic mass is 16.5. The minimum atomic E-state index is -0.535. The van der Waals surface area contributed by atoms with Crippen molar-refractivity contribution in [3.8, 4) is 0 Å². The highest BCUT2D eigenvalue weighted by molar-refractivity contribution is 5.94. The van der Waals surface area contributed by atoms with Crippen LogP contribution in [-0.2, 0) is 29.0 Å². The molecule has 1 heterocycles. The zero-order valence-electron chi connectivity index (χ0n) is 19.3. The van der Waals surface area contributed by atoms with Crippen molar-refractivity contribution in [2.24, 2.45) is 11.3 Å². The molecule has 34 heavy (non-hydrogen) atoms. The number of ether oxygens (including phenoxy) is 1. The van der Waals surface area contributed by atoms with Crippen molar-refractivity contribution >= 4 is 11.9 Å². The molecule has 0 spiro atoms. The molecule has 0 N–H and O–H groups in total. The second-order valence-electron chi connectivity index (χ2n) is 9.59. The Bertz CT molecular complexity index is 1160. The molecular formula is C30H29NO3. The van der Waals surface area contributed by atoms with Gasteiger partial charge in [-0.1, -0.05) is 84.9 Å². The fourth-order valence-electron chi connectivity index (χ4n) is 5.43. The predicted octanol–water partition coefficient (Wildman–Crippen LogP) is 5.58. The average molecular weight is 452 g/mol. The normalized spacial score (nSPS) is 21.2. The Balaban J connectivity index is 1.41. The number of carbonyl (C=O) groups is 2. The topological polar surface area (TPSA) is 46.6 Å². The molecular weight excluding hydrogens is 422 g/mol. The van der Waals surface area contributed by atoms with Crippen LogP contribution in [0.1, 0.15) is 39.9 Å². The van der Waals surface area contributed by atoms with E-state index in [1.54, 1.807) is 0 Å². The molecule has 4 nitrogen and oxygen atoms in total. The minimum absolute atomic E-state index is 0.0200. The molecule has 4 heteroatoms. The van der Waals surface area contributed by atoms with Gasteiger partial charge in [-0.3, -0.25) is 9.59 Å². The van der Waals surface area contributed by atoms with Gasteiger partial charge in [0, 0.05) is 24.6 Å². The first-order valence-corrected chi connectivity index (χ1v) is 11.8. The van der Waals surface area contributed by atoms with Crippen LogP contribution >= 0.6 is 0 Å². The van der Waals surface area contributed by atoms with Crippen LogP contribution in [0, 0.1) is 11.3 Å². The monoisotopic (exact) mass is 451 g/mol. The predicted molar refractivity (Wildman–Crippen MR) is 132 cm³/mol. The molecule has 0 radical (unpaired) electrons. The summed E-state index contributed by atoms with van der Waals surface area (Å²) >= 11 is 0. The van der Waals surface area contributed by atoms with Crippen LogP contribution in [0.15, 0.2) is 97.1 Å². The maximum Gasteiger partial charge on any atom is 0.313 e. The fourth-order valence-corrected chi connectivity index (χ4v) is 5.43. The van der Waals surface area contributed by atoms with Crippen molar-refractivity contribution in [2.45, 2.75) is 32.4 Å². The van der Waals surface area contributed by atoms with Crippen molar-refractivity contribution in [3.05, 3.63) is 119 Å². The number of carbonyl (C=O) groups excluding carboxylic acids is 2. The number of amides is 1. The summed E-state index contributed by atoms with van der Waals surface area (Å²) in [5, 5.41) is 0. The van der Waals surface area contributed by atoms with Gasteiger partial charge in [0.1, 0.15) is 0 Å². The largest absolute Gasteiger partial charge is 0.465 e. The van der Waals surface area contributed by atoms with Crippen molar-refractivity contribution in [1.82, 2.24) is 4.90 Å². The lowest BCUT2D eigenvalue weighted by atomic mass is 9.75. The first-order chi connectivity index (χ1) is 16.5. The first-order valence-electron chi connectivity index (χ1n) is 11.8. The summed E-state index contributed by atoms with van der Waals surface area (Å²) in [6.07, 6.45) is 2.09. The molecule has 1 saturated carbocycles. The summed E-state index contributed by atoms with van der Waals surface area (Å²) < 4.78 is 5.44. The summed E-state index contributed by atoms with van der Waals surface area (Å²) in [6.45, 7) is 5.66. The van der Waals surface area contributed by atoms with Gasteiger partial charge in [-0.15, -0.1) is 0 Å². The average Bonchev–Trinajstić information content (AvgIpc) is 3.33. The maximum atomic E-state index is 13.7. The Hall–Kier alpha value is -3.66. The van der Waals surface area contributed by atoms with Crippen LogP contribution in [0.3, 0.4) is 0 Å². The third-order valence-electron chi connectivity index (χ3n) is 7.12. The lowest BCUT2D eigenvalue weighted by Gasteiger charge is -2.25. The number of fused-ring (bicyclic) bond motifs is 1. The molecule has 1 aliphatic carbocycles. The van der Waals surface area contributed by atoms with Gasteiger partial charge in [-0.25, -0.2) is 0 Å². The van der Waals surface area contributed by atoms with Gasteiger partial charge in [-0.05, 0) is 48.1 Å². The highest BCUT2D eigenvalue weighted by Gasteiger charge is 2.55. The number of cyclic esters (lactones) is 1. The van der Waals surface area contributed by atoms with Crippen molar-refractivity contribution in [3.63, 3.8) is 0 Å². The van der Waals surface area contributed by atoms with Crippen molar-refractivity contribution in [1.29, 1.82) is 0 Å². The van der Waals surface area contributed by atoms with Crippen LogP contribution < -0.4 is 0 Å². The molecule has 0 aromatic heterocycles. The van der Waals surface area contributed by atoms with Crippen LogP contribution in [0.5, 0.6) is 0 Å². The summed E-state index contributed by atoms with van der Waals surface area (Å²) in [4.78, 5) is 28.3. The Morgan fingerprint density at radius 2 is 1.53 bits per heavy atom. The van der Waals surface area contributed by atoms with Crippen LogP contribution in [0.4, 0.5) is 0 Å². The van der Waals surface area contributed by atoms with Crippen LogP contribution in [-0.4, -0.2) is 23.4 Å². The molecule has 172 valence electrons. The third-order valence-corrected chi connectivity index (χ3v) is 7.12. The molecule has 2 aliphatic rings. The van der Waals surface area contributed by atoms with E-state index in [1.807, 2.05) is 89.8 Å². The van der Waals surface area contributed by atoms with Crippen LogP contribution in [0.25, 0.3) is 0 Å². The van der Waals surface area contributed by atoms with Crippen molar-refractivity contribution in [2.75, 3.05) is 6.61 Å². The van der Waals surface area contributed by atoms with Gasteiger partial charge in [0.15, 0.2) is 0 Å². The minimum Gasteiger partial charge on any atom is -0.465 e. The van der Waals surface area contributed by atoms with E-state index in [2.05, 4.69) is 6.58 Å². The Labute approximate surface area is 200 Å². The molecule has 2 fully saturated rings. The molecule has 1 saturated heterocycles.